The second-order valence-corrected chi connectivity index (χ2v) is 21.0. The number of amides is 2. The van der Waals surface area contributed by atoms with Crippen molar-refractivity contribution in [2.24, 2.45) is 0 Å². The van der Waals surface area contributed by atoms with Crippen LogP contribution < -0.4 is 10.6 Å². The summed E-state index contributed by atoms with van der Waals surface area (Å²) in [5, 5.41) is 5.48. The predicted molar refractivity (Wildman–Crippen MR) is 258 cm³/mol. The summed E-state index contributed by atoms with van der Waals surface area (Å²) in [5.41, 5.74) is 2.32. The molecule has 3 heterocycles. The first kappa shape index (κ1) is 56.1. The molecule has 1 unspecified atom stereocenters. The van der Waals surface area contributed by atoms with Gasteiger partial charge in [-0.25, -0.2) is 14.4 Å². The van der Waals surface area contributed by atoms with Crippen molar-refractivity contribution in [1.29, 1.82) is 0 Å². The molecule has 0 radical (unpaired) electrons. The van der Waals surface area contributed by atoms with E-state index in [9.17, 15) is 14.4 Å². The highest BCUT2D eigenvalue weighted by Gasteiger charge is 2.56. The van der Waals surface area contributed by atoms with Crippen LogP contribution in [0.15, 0.2) is 104 Å². The zero-order chi connectivity index (χ0) is 50.3. The second kappa shape index (κ2) is 27.2. The van der Waals surface area contributed by atoms with E-state index in [0.717, 1.165) is 11.1 Å². The lowest BCUT2D eigenvalue weighted by molar-refractivity contribution is -0.371. The maximum atomic E-state index is 13.8. The molecule has 3 aliphatic heterocycles. The van der Waals surface area contributed by atoms with Crippen molar-refractivity contribution < 1.29 is 71.2 Å². The fraction of sp³-hybridized carbons (Fsp3) is 0.511. The van der Waals surface area contributed by atoms with Crippen molar-refractivity contribution in [3.05, 3.63) is 120 Å². The van der Waals surface area contributed by atoms with Gasteiger partial charge in [-0.2, -0.15) is 0 Å². The van der Waals surface area contributed by atoms with Gasteiger partial charge in [0, 0.05) is 5.56 Å². The fourth-order valence-electron chi connectivity index (χ4n) is 7.63. The number of benzene rings is 3. The summed E-state index contributed by atoms with van der Waals surface area (Å²) < 4.78 is 70.8. The molecule has 3 saturated heterocycles. The number of fused-ring (bicyclic) bond motifs is 1. The van der Waals surface area contributed by atoms with Crippen molar-refractivity contribution >= 4 is 87.8 Å². The molecule has 0 spiro atoms. The Morgan fingerprint density at radius 1 is 0.729 bits per heavy atom. The fourth-order valence-corrected chi connectivity index (χ4v) is 7.96. The summed E-state index contributed by atoms with van der Waals surface area (Å²) in [6, 6.07) is 25.1. The van der Waals surface area contributed by atoms with Gasteiger partial charge < -0.3 is 67.5 Å². The molecule has 6 rings (SSSR count). The van der Waals surface area contributed by atoms with Crippen LogP contribution in [0.2, 0.25) is 0 Å². The van der Waals surface area contributed by atoms with E-state index in [-0.39, 0.29) is 39.6 Å². The van der Waals surface area contributed by atoms with Gasteiger partial charge in [-0.15, -0.1) is 6.58 Å². The third-order valence-corrected chi connectivity index (χ3v) is 11.3. The number of carbonyl (C=O) groups excluding carboxylic acids is 3. The van der Waals surface area contributed by atoms with Crippen molar-refractivity contribution in [2.75, 3.05) is 39.6 Å². The molecular formula is C47H54Cl6N2O15. The van der Waals surface area contributed by atoms with Gasteiger partial charge in [0.25, 0.3) is 0 Å². The summed E-state index contributed by atoms with van der Waals surface area (Å²) in [5.74, 6) is -0.752. The van der Waals surface area contributed by atoms with Crippen molar-refractivity contribution in [3.8, 4) is 0 Å². The van der Waals surface area contributed by atoms with Gasteiger partial charge in [-0.05, 0) is 25.0 Å². The third-order valence-electron chi connectivity index (χ3n) is 10.7. The van der Waals surface area contributed by atoms with Crippen LogP contribution in [0, 0.1) is 0 Å². The first-order valence-corrected chi connectivity index (χ1v) is 24.4. The van der Waals surface area contributed by atoms with Crippen LogP contribution in [-0.4, -0.2) is 133 Å². The minimum atomic E-state index is -1.98. The lowest BCUT2D eigenvalue weighted by Gasteiger charge is -2.52. The van der Waals surface area contributed by atoms with E-state index in [1.54, 1.807) is 6.92 Å². The first-order chi connectivity index (χ1) is 33.5. The van der Waals surface area contributed by atoms with Crippen LogP contribution in [0.3, 0.4) is 0 Å². The summed E-state index contributed by atoms with van der Waals surface area (Å²) in [4.78, 5) is 40.7. The first-order valence-electron chi connectivity index (χ1n) is 22.1. The Hall–Kier alpha value is -3.21. The molecule has 70 heavy (non-hydrogen) atoms. The van der Waals surface area contributed by atoms with E-state index < -0.39 is 113 Å². The van der Waals surface area contributed by atoms with Crippen LogP contribution in [0.4, 0.5) is 9.59 Å². The number of hydrogen-bond donors (Lipinski definition) is 2. The Kier molecular flexibility index (Phi) is 21.8. The molecule has 0 saturated carbocycles. The van der Waals surface area contributed by atoms with Crippen LogP contribution in [-0.2, 0) is 74.9 Å². The molecule has 384 valence electrons. The standard InChI is InChI=1S/C47H54Cl6N2O15/c1-4-21-61-42-35(55-45(58)65-27-47(51,52)53)39(66-28(3)40(56)60-5-2)37(32(67-42)24-59-22-29-15-9-6-10-16-29)70-43-34(54-44(57)64-26-46(48,49)50)38(62-23-30-17-11-7-12-18-30)36-33(68-43)25-63-41(69-36)31-19-13-8-14-20-31/h4,6-20,28,32-39,41-43H,1,5,21-27H2,2-3H3,(H,54,57)(H,55,58)/t28-,32-,33-,34-,35-,36-,37-,38-,39-,41?,42+,43+/m1/s1. The summed E-state index contributed by atoms with van der Waals surface area (Å²) in [6.45, 7) is 5.37. The van der Waals surface area contributed by atoms with Gasteiger partial charge in [-0.1, -0.05) is 167 Å². The van der Waals surface area contributed by atoms with Gasteiger partial charge in [0.1, 0.15) is 61.9 Å². The molecular weight excluding hydrogens is 1050 g/mol. The molecule has 17 nitrogen and oxygen atoms in total. The van der Waals surface area contributed by atoms with E-state index in [1.165, 1.54) is 13.0 Å². The molecule has 23 heteroatoms. The Morgan fingerprint density at radius 2 is 1.30 bits per heavy atom. The largest absolute Gasteiger partial charge is 0.464 e. The second-order valence-electron chi connectivity index (χ2n) is 16.0. The summed E-state index contributed by atoms with van der Waals surface area (Å²) >= 11 is 35.8. The monoisotopic (exact) mass is 1100 g/mol. The predicted octanol–water partition coefficient (Wildman–Crippen LogP) is 8.21. The lowest BCUT2D eigenvalue weighted by atomic mass is 9.93. The quantitative estimate of drug-likeness (QED) is 0.0450. The van der Waals surface area contributed by atoms with E-state index in [1.807, 2.05) is 91.0 Å². The van der Waals surface area contributed by atoms with E-state index in [0.29, 0.717) is 5.56 Å². The van der Waals surface area contributed by atoms with Crippen LogP contribution >= 0.6 is 69.6 Å². The molecule has 3 fully saturated rings. The van der Waals surface area contributed by atoms with Gasteiger partial charge in [0.2, 0.25) is 7.59 Å². The van der Waals surface area contributed by atoms with Gasteiger partial charge >= 0.3 is 18.2 Å². The number of alkyl carbamates (subject to hydrolysis) is 2. The zero-order valence-corrected chi connectivity index (χ0v) is 42.5. The van der Waals surface area contributed by atoms with E-state index in [2.05, 4.69) is 17.2 Å². The number of halogens is 6. The Labute approximate surface area is 435 Å². The van der Waals surface area contributed by atoms with Gasteiger partial charge in [0.15, 0.2) is 25.0 Å². The lowest BCUT2D eigenvalue weighted by Crippen LogP contribution is -2.71. The topological polar surface area (TPSA) is 186 Å². The smallest absolute Gasteiger partial charge is 0.407 e. The summed E-state index contributed by atoms with van der Waals surface area (Å²) in [6.07, 6.45) is -12.6. The molecule has 0 aliphatic carbocycles. The van der Waals surface area contributed by atoms with Crippen LogP contribution in [0.1, 0.15) is 36.8 Å². The molecule has 2 amide bonds. The minimum Gasteiger partial charge on any atom is -0.464 e. The minimum absolute atomic E-state index is 0.0200. The normalized spacial score (nSPS) is 27.3. The van der Waals surface area contributed by atoms with Gasteiger partial charge in [-0.3, -0.25) is 0 Å². The highest BCUT2D eigenvalue weighted by atomic mass is 35.6. The Balaban J connectivity index is 1.44. The molecule has 3 aromatic carbocycles. The Morgan fingerprint density at radius 3 is 1.87 bits per heavy atom. The molecule has 12 atom stereocenters. The van der Waals surface area contributed by atoms with Crippen LogP contribution in [0.25, 0.3) is 0 Å². The number of nitrogens with one attached hydrogen (secondary N) is 2. The number of ether oxygens (including phenoxy) is 12. The van der Waals surface area contributed by atoms with Crippen molar-refractivity contribution in [1.82, 2.24) is 10.6 Å². The molecule has 0 bridgehead atoms. The van der Waals surface area contributed by atoms with E-state index >= 15 is 0 Å². The highest BCUT2D eigenvalue weighted by molar-refractivity contribution is 6.68. The third kappa shape index (κ3) is 17.2. The molecule has 3 aliphatic rings. The maximum Gasteiger partial charge on any atom is 0.407 e. The molecule has 0 aromatic heterocycles. The Bertz CT molecular complexity index is 2090. The average molecular weight is 1100 g/mol. The molecule has 3 aromatic rings. The van der Waals surface area contributed by atoms with E-state index in [4.69, 9.17) is 126 Å². The van der Waals surface area contributed by atoms with Crippen molar-refractivity contribution in [3.63, 3.8) is 0 Å². The highest BCUT2D eigenvalue weighted by Crippen LogP contribution is 2.39. The average Bonchev–Trinajstić information content (AvgIpc) is 3.34. The number of rotatable bonds is 21. The number of hydrogen-bond acceptors (Lipinski definition) is 15. The van der Waals surface area contributed by atoms with Crippen molar-refractivity contribution in [2.45, 2.75) is 108 Å². The maximum absolute atomic E-state index is 13.8. The van der Waals surface area contributed by atoms with Crippen LogP contribution in [0.5, 0.6) is 0 Å². The zero-order valence-electron chi connectivity index (χ0n) is 37.9. The number of carbonyl (C=O) groups is 3. The number of esters is 1. The molecule has 2 N–H and O–H groups in total. The van der Waals surface area contributed by atoms with Gasteiger partial charge in [0.05, 0.1) is 39.6 Å². The summed E-state index contributed by atoms with van der Waals surface area (Å²) in [7, 11) is 0. The number of alkyl halides is 6. The SMILES string of the molecule is C=CCO[C@H]1O[C@H](COCc2ccccc2)[C@@H](O[C@@H]2O[C@@H]3COC(c4ccccc4)O[C@H]3[C@H](OCc3ccccc3)[C@H]2NC(=O)OCC(Cl)(Cl)Cl)[C@H](O[C@H](C)C(=O)OCC)[C@H]1NC(=O)OCC(Cl)(Cl)Cl.